The van der Waals surface area contributed by atoms with Crippen LogP contribution in [0.1, 0.15) is 24.5 Å². The van der Waals surface area contributed by atoms with Crippen molar-refractivity contribution in [3.63, 3.8) is 0 Å². The van der Waals surface area contributed by atoms with E-state index in [2.05, 4.69) is 0 Å². The Morgan fingerprint density at radius 2 is 1.20 bits per heavy atom. The highest BCUT2D eigenvalue weighted by atomic mass is 19.4. The lowest BCUT2D eigenvalue weighted by Crippen LogP contribution is -2.67. The molecule has 1 atom stereocenters. The Kier molecular flexibility index (Phi) is 6.50. The average Bonchev–Trinajstić information content (AvgIpc) is 2.65. The summed E-state index contributed by atoms with van der Waals surface area (Å²) in [6.07, 6.45) is -25.6. The highest BCUT2D eigenvalue weighted by Gasteiger charge is 2.78. The number of halogens is 12. The van der Waals surface area contributed by atoms with Crippen LogP contribution in [-0.4, -0.2) is 40.5 Å². The molecule has 1 aromatic rings. The fourth-order valence-electron chi connectivity index (χ4n) is 3.77. The van der Waals surface area contributed by atoms with Crippen LogP contribution in [-0.2, 0) is 5.60 Å². The predicted molar refractivity (Wildman–Crippen MR) is 96.9 cm³/mol. The molecule has 0 radical (unpaired) electrons. The van der Waals surface area contributed by atoms with Gasteiger partial charge in [0.15, 0.2) is 0 Å². The van der Waals surface area contributed by atoms with Gasteiger partial charge in [-0.1, -0.05) is 19.1 Å². The minimum Gasteiger partial charge on any atom is -0.401 e. The number of rotatable bonds is 3. The summed E-state index contributed by atoms with van der Waals surface area (Å²) in [6, 6.07) is 1.21. The Labute approximate surface area is 188 Å². The summed E-state index contributed by atoms with van der Waals surface area (Å²) in [6.45, 7) is 0.285. The van der Waals surface area contributed by atoms with Crippen molar-refractivity contribution in [2.24, 2.45) is 11.1 Å². The molecule has 35 heavy (non-hydrogen) atoms. The second-order valence-electron chi connectivity index (χ2n) is 8.04. The number of nitrogens with two attached hydrogens (primary N) is 2. The molecule has 1 aromatic carbocycles. The first-order chi connectivity index (χ1) is 15.4. The molecule has 0 heterocycles. The van der Waals surface area contributed by atoms with E-state index >= 15 is 0 Å². The Balaban J connectivity index is 2.76. The van der Waals surface area contributed by atoms with Crippen LogP contribution in [0.15, 0.2) is 36.0 Å². The summed E-state index contributed by atoms with van der Waals surface area (Å²) in [7, 11) is 0. The van der Waals surface area contributed by atoms with Crippen LogP contribution in [0.3, 0.4) is 0 Å². The zero-order valence-corrected chi connectivity index (χ0v) is 17.2. The molecule has 0 aromatic heterocycles. The van der Waals surface area contributed by atoms with E-state index in [4.69, 9.17) is 11.5 Å². The molecule has 2 rings (SSSR count). The van der Waals surface area contributed by atoms with Gasteiger partial charge in [-0.15, -0.1) is 0 Å². The van der Waals surface area contributed by atoms with Crippen molar-refractivity contribution in [1.29, 1.82) is 0 Å². The number of anilines is 1. The maximum absolute atomic E-state index is 13.5. The van der Waals surface area contributed by atoms with Gasteiger partial charge < -0.3 is 21.7 Å². The first-order valence-electron chi connectivity index (χ1n) is 9.15. The lowest BCUT2D eigenvalue weighted by Gasteiger charge is -2.48. The normalized spacial score (nSPS) is 21.0. The molecule has 0 saturated heterocycles. The largest absolute Gasteiger partial charge is 0.430 e. The predicted octanol–water partition coefficient (Wildman–Crippen LogP) is 5.07. The van der Waals surface area contributed by atoms with Crippen LogP contribution in [0.5, 0.6) is 0 Å². The second kappa shape index (κ2) is 7.94. The minimum absolute atomic E-state index is 0.0398. The van der Waals surface area contributed by atoms with E-state index in [0.717, 1.165) is 6.08 Å². The van der Waals surface area contributed by atoms with E-state index in [-0.39, 0.29) is 13.0 Å². The lowest BCUT2D eigenvalue weighted by atomic mass is 9.63. The van der Waals surface area contributed by atoms with Crippen molar-refractivity contribution in [1.82, 2.24) is 0 Å². The van der Waals surface area contributed by atoms with Crippen LogP contribution in [0.4, 0.5) is 58.4 Å². The fourth-order valence-corrected chi connectivity index (χ4v) is 3.77. The summed E-state index contributed by atoms with van der Waals surface area (Å²) in [4.78, 5) is 0. The van der Waals surface area contributed by atoms with Crippen molar-refractivity contribution >= 4 is 11.3 Å². The number of nitrogen functional groups attached to an aromatic ring is 1. The molecule has 16 heteroatoms. The van der Waals surface area contributed by atoms with Crippen molar-refractivity contribution < 1.29 is 62.9 Å². The van der Waals surface area contributed by atoms with Gasteiger partial charge >= 0.3 is 24.7 Å². The standard InChI is InChI=1S/C19H16F12N2O2/c1-13(15(35,18(26,27)28)19(29,30)31)7-9(3-5-12(13)33)8-2-4-11(32)10(6-8)14(34,16(20,21)22)17(23,24)25/h2-6,34-35H,7,32-33H2,1H3. The Morgan fingerprint density at radius 1 is 0.743 bits per heavy atom. The van der Waals surface area contributed by atoms with Crippen LogP contribution in [0.25, 0.3) is 5.57 Å². The van der Waals surface area contributed by atoms with Gasteiger partial charge in [0.1, 0.15) is 0 Å². The molecule has 0 amide bonds. The van der Waals surface area contributed by atoms with Crippen LogP contribution >= 0.6 is 0 Å². The summed E-state index contributed by atoms with van der Waals surface area (Å²) in [5.41, 5.74) is -9.49. The molecular formula is C19H16F12N2O2. The van der Waals surface area contributed by atoms with Crippen LogP contribution in [0.2, 0.25) is 0 Å². The number of benzene rings is 1. The molecule has 0 bridgehead atoms. The molecule has 0 fully saturated rings. The van der Waals surface area contributed by atoms with Gasteiger partial charge in [0, 0.05) is 16.9 Å². The molecular weight excluding hydrogens is 516 g/mol. The number of alkyl halides is 12. The fraction of sp³-hybridized carbons (Fsp3) is 0.474. The molecule has 1 aliphatic rings. The highest BCUT2D eigenvalue weighted by molar-refractivity contribution is 5.73. The topological polar surface area (TPSA) is 92.5 Å². The van der Waals surface area contributed by atoms with Crippen molar-refractivity contribution in [2.75, 3.05) is 5.73 Å². The number of hydrogen-bond acceptors (Lipinski definition) is 4. The smallest absolute Gasteiger partial charge is 0.401 e. The zero-order chi connectivity index (χ0) is 27.6. The van der Waals surface area contributed by atoms with E-state index in [0.29, 0.717) is 18.2 Å². The van der Waals surface area contributed by atoms with Crippen molar-refractivity contribution in [3.05, 3.63) is 47.2 Å². The molecule has 0 saturated carbocycles. The van der Waals surface area contributed by atoms with Crippen molar-refractivity contribution in [3.8, 4) is 0 Å². The molecule has 0 aliphatic heterocycles. The van der Waals surface area contributed by atoms with Crippen molar-refractivity contribution in [2.45, 2.75) is 49.3 Å². The van der Waals surface area contributed by atoms with E-state index in [9.17, 15) is 62.9 Å². The molecule has 0 spiro atoms. The minimum atomic E-state index is -6.37. The average molecular weight is 532 g/mol. The number of allylic oxidation sites excluding steroid dienone is 3. The maximum atomic E-state index is 13.5. The highest BCUT2D eigenvalue weighted by Crippen LogP contribution is 2.59. The van der Waals surface area contributed by atoms with Crippen LogP contribution < -0.4 is 11.5 Å². The Bertz CT molecular complexity index is 1020. The lowest BCUT2D eigenvalue weighted by molar-refractivity contribution is -0.396. The molecule has 1 unspecified atom stereocenters. The van der Waals surface area contributed by atoms with E-state index in [1.807, 2.05) is 0 Å². The van der Waals surface area contributed by atoms with E-state index in [1.165, 1.54) is 0 Å². The first-order valence-corrected chi connectivity index (χ1v) is 9.15. The quantitative estimate of drug-likeness (QED) is 0.323. The molecule has 4 nitrogen and oxygen atoms in total. The van der Waals surface area contributed by atoms with Crippen LogP contribution in [0, 0.1) is 5.41 Å². The SMILES string of the molecule is CC1(C(O)(C(F)(F)F)C(F)(F)F)CC(c2ccc(N)c(C(O)(C(F)(F)F)C(F)(F)F)c2)=CC=C1N. The Hall–Kier alpha value is -2.62. The van der Waals surface area contributed by atoms with E-state index in [1.54, 1.807) is 0 Å². The molecule has 1 aliphatic carbocycles. The van der Waals surface area contributed by atoms with Gasteiger partial charge in [0.05, 0.1) is 5.41 Å². The van der Waals surface area contributed by atoms with Gasteiger partial charge in [-0.05, 0) is 35.8 Å². The summed E-state index contributed by atoms with van der Waals surface area (Å²) in [5, 5.41) is 19.5. The third kappa shape index (κ3) is 4.09. The van der Waals surface area contributed by atoms with Gasteiger partial charge in [0.2, 0.25) is 0 Å². The summed E-state index contributed by atoms with van der Waals surface area (Å²) < 4.78 is 161. The zero-order valence-electron chi connectivity index (χ0n) is 17.2. The third-order valence-corrected chi connectivity index (χ3v) is 5.90. The van der Waals surface area contributed by atoms with Gasteiger partial charge in [0.25, 0.3) is 11.2 Å². The number of aliphatic hydroxyl groups is 2. The summed E-state index contributed by atoms with van der Waals surface area (Å²) in [5.74, 6) is 0. The van der Waals surface area contributed by atoms with Gasteiger partial charge in [-0.3, -0.25) is 0 Å². The maximum Gasteiger partial charge on any atom is 0.430 e. The first kappa shape index (κ1) is 28.6. The number of hydrogen-bond donors (Lipinski definition) is 4. The second-order valence-corrected chi connectivity index (χ2v) is 8.04. The van der Waals surface area contributed by atoms with Gasteiger partial charge in [-0.2, -0.15) is 52.7 Å². The Morgan fingerprint density at radius 3 is 1.60 bits per heavy atom. The third-order valence-electron chi connectivity index (χ3n) is 5.90. The molecule has 198 valence electrons. The summed E-state index contributed by atoms with van der Waals surface area (Å²) >= 11 is 0. The monoisotopic (exact) mass is 532 g/mol. The van der Waals surface area contributed by atoms with Gasteiger partial charge in [-0.25, -0.2) is 0 Å². The molecule has 6 N–H and O–H groups in total. The van der Waals surface area contributed by atoms with E-state index < -0.39 is 75.8 Å².